The highest BCUT2D eigenvalue weighted by Gasteiger charge is 2.11. The molecule has 4 aromatic rings. The minimum absolute atomic E-state index is 0. The summed E-state index contributed by atoms with van der Waals surface area (Å²) in [4.78, 5) is 9.31. The van der Waals surface area contributed by atoms with Crippen LogP contribution in [0, 0.1) is 0 Å². The number of nitrogens with one attached hydrogen (secondary N) is 1. The van der Waals surface area contributed by atoms with Gasteiger partial charge in [0.25, 0.3) is 0 Å². The highest BCUT2D eigenvalue weighted by molar-refractivity contribution is 5.85. The molecule has 0 saturated carbocycles. The number of pyridine rings is 1. The molecule has 0 bridgehead atoms. The second kappa shape index (κ2) is 7.85. The maximum absolute atomic E-state index is 4.81. The maximum atomic E-state index is 4.81. The Hall–Kier alpha value is -3.11. The quantitative estimate of drug-likeness (QED) is 0.552. The normalized spacial score (nSPS) is 10.8. The van der Waals surface area contributed by atoms with Crippen LogP contribution in [-0.4, -0.2) is 21.6 Å². The molecule has 2 aromatic carbocycles. The first kappa shape index (κ1) is 17.7. The van der Waals surface area contributed by atoms with Crippen molar-refractivity contribution in [2.24, 2.45) is 0 Å². The Morgan fingerprint density at radius 2 is 1.73 bits per heavy atom. The van der Waals surface area contributed by atoms with Crippen molar-refractivity contribution in [3.63, 3.8) is 0 Å². The summed E-state index contributed by atoms with van der Waals surface area (Å²) in [6, 6.07) is 22.3. The molecule has 26 heavy (non-hydrogen) atoms. The molecule has 0 aliphatic rings. The Morgan fingerprint density at radius 3 is 2.46 bits per heavy atom. The van der Waals surface area contributed by atoms with E-state index in [0.29, 0.717) is 0 Å². The summed E-state index contributed by atoms with van der Waals surface area (Å²) in [5, 5.41) is 3.16. The Balaban J connectivity index is 0.00000196. The minimum atomic E-state index is 0. The zero-order valence-corrected chi connectivity index (χ0v) is 15.1. The lowest BCUT2D eigenvalue weighted by molar-refractivity contribution is 1.01. The number of fused-ring (bicyclic) bond motifs is 1. The molecule has 0 aliphatic carbocycles. The van der Waals surface area contributed by atoms with Gasteiger partial charge in [-0.2, -0.15) is 0 Å². The SMILES string of the molecule is CNc1ccc2c(c1)nc(/C=C/c1ccccc1)n2-c1ccccn1.Cl. The second-order valence-electron chi connectivity index (χ2n) is 5.69. The summed E-state index contributed by atoms with van der Waals surface area (Å²) in [6.07, 6.45) is 5.90. The van der Waals surface area contributed by atoms with Gasteiger partial charge in [-0.1, -0.05) is 42.5 Å². The Labute approximate surface area is 158 Å². The van der Waals surface area contributed by atoms with Crippen LogP contribution >= 0.6 is 12.4 Å². The van der Waals surface area contributed by atoms with E-state index in [0.717, 1.165) is 33.9 Å². The minimum Gasteiger partial charge on any atom is -0.388 e. The molecule has 0 amide bonds. The average Bonchev–Trinajstić information content (AvgIpc) is 3.05. The van der Waals surface area contributed by atoms with Gasteiger partial charge >= 0.3 is 0 Å². The first-order valence-corrected chi connectivity index (χ1v) is 8.20. The van der Waals surface area contributed by atoms with E-state index < -0.39 is 0 Å². The van der Waals surface area contributed by atoms with Crippen LogP contribution in [0.15, 0.2) is 72.9 Å². The molecular formula is C21H19ClN4. The molecule has 4 nitrogen and oxygen atoms in total. The predicted molar refractivity (Wildman–Crippen MR) is 111 cm³/mol. The van der Waals surface area contributed by atoms with E-state index in [2.05, 4.69) is 45.2 Å². The first-order chi connectivity index (χ1) is 12.3. The van der Waals surface area contributed by atoms with Crippen molar-refractivity contribution < 1.29 is 0 Å². The third kappa shape index (κ3) is 3.46. The van der Waals surface area contributed by atoms with E-state index in [1.807, 2.05) is 55.6 Å². The highest BCUT2D eigenvalue weighted by atomic mass is 35.5. The van der Waals surface area contributed by atoms with Gasteiger partial charge in [-0.3, -0.25) is 4.57 Å². The van der Waals surface area contributed by atoms with Crippen LogP contribution in [0.1, 0.15) is 11.4 Å². The van der Waals surface area contributed by atoms with Crippen LogP contribution in [0.3, 0.4) is 0 Å². The lowest BCUT2D eigenvalue weighted by atomic mass is 10.2. The molecular weight excluding hydrogens is 344 g/mol. The van der Waals surface area contributed by atoms with Gasteiger partial charge in [0.05, 0.1) is 11.0 Å². The van der Waals surface area contributed by atoms with Crippen molar-refractivity contribution in [2.45, 2.75) is 0 Å². The van der Waals surface area contributed by atoms with Crippen molar-refractivity contribution in [2.75, 3.05) is 12.4 Å². The molecule has 130 valence electrons. The topological polar surface area (TPSA) is 42.7 Å². The molecule has 1 N–H and O–H groups in total. The fourth-order valence-corrected chi connectivity index (χ4v) is 2.83. The summed E-state index contributed by atoms with van der Waals surface area (Å²) in [5.74, 6) is 1.71. The van der Waals surface area contributed by atoms with E-state index in [1.54, 1.807) is 6.20 Å². The number of benzene rings is 2. The summed E-state index contributed by atoms with van der Waals surface area (Å²) < 4.78 is 2.08. The lowest BCUT2D eigenvalue weighted by Gasteiger charge is -2.06. The third-order valence-corrected chi connectivity index (χ3v) is 4.07. The standard InChI is InChI=1S/C21H18N4.ClH/c1-22-17-11-12-19-18(15-17)24-21(13-10-16-7-3-2-4-8-16)25(19)20-9-5-6-14-23-20;/h2-15,22H,1H3;1H/b13-10+;. The van der Waals surface area contributed by atoms with Crippen LogP contribution in [0.4, 0.5) is 5.69 Å². The lowest BCUT2D eigenvalue weighted by Crippen LogP contribution is -1.99. The van der Waals surface area contributed by atoms with Crippen LogP contribution in [0.2, 0.25) is 0 Å². The van der Waals surface area contributed by atoms with E-state index in [9.17, 15) is 0 Å². The maximum Gasteiger partial charge on any atom is 0.139 e. The Morgan fingerprint density at radius 1 is 0.923 bits per heavy atom. The van der Waals surface area contributed by atoms with Crippen molar-refractivity contribution in [1.29, 1.82) is 0 Å². The van der Waals surface area contributed by atoms with Gasteiger partial charge in [-0.05, 0) is 42.0 Å². The number of nitrogens with zero attached hydrogens (tertiary/aromatic N) is 3. The number of hydrogen-bond acceptors (Lipinski definition) is 3. The zero-order valence-electron chi connectivity index (χ0n) is 14.3. The molecule has 0 spiro atoms. The summed E-state index contributed by atoms with van der Waals surface area (Å²) in [7, 11) is 1.91. The number of aromatic nitrogens is 3. The highest BCUT2D eigenvalue weighted by Crippen LogP contribution is 2.24. The smallest absolute Gasteiger partial charge is 0.139 e. The summed E-state index contributed by atoms with van der Waals surface area (Å²) in [6.45, 7) is 0. The number of hydrogen-bond donors (Lipinski definition) is 1. The molecule has 0 atom stereocenters. The summed E-state index contributed by atoms with van der Waals surface area (Å²) in [5.41, 5.74) is 4.14. The van der Waals surface area contributed by atoms with Gasteiger partial charge in [0.2, 0.25) is 0 Å². The van der Waals surface area contributed by atoms with E-state index >= 15 is 0 Å². The number of rotatable bonds is 4. The van der Waals surface area contributed by atoms with E-state index in [4.69, 9.17) is 4.98 Å². The number of halogens is 1. The Kier molecular flexibility index (Phi) is 5.34. The van der Waals surface area contributed by atoms with E-state index in [-0.39, 0.29) is 12.4 Å². The van der Waals surface area contributed by atoms with Gasteiger partial charge < -0.3 is 5.32 Å². The van der Waals surface area contributed by atoms with Crippen LogP contribution in [0.5, 0.6) is 0 Å². The fraction of sp³-hybridized carbons (Fsp3) is 0.0476. The molecule has 0 radical (unpaired) electrons. The molecule has 0 fully saturated rings. The van der Waals surface area contributed by atoms with Crippen molar-refractivity contribution >= 4 is 41.3 Å². The van der Waals surface area contributed by atoms with Gasteiger partial charge in [-0.25, -0.2) is 9.97 Å². The van der Waals surface area contributed by atoms with Crippen LogP contribution in [-0.2, 0) is 0 Å². The molecule has 4 rings (SSSR count). The van der Waals surface area contributed by atoms with Crippen LogP contribution < -0.4 is 5.32 Å². The van der Waals surface area contributed by atoms with Gasteiger partial charge in [-0.15, -0.1) is 12.4 Å². The van der Waals surface area contributed by atoms with Gasteiger partial charge in [0.1, 0.15) is 11.6 Å². The Bertz CT molecular complexity index is 1020. The summed E-state index contributed by atoms with van der Waals surface area (Å²) >= 11 is 0. The monoisotopic (exact) mass is 362 g/mol. The molecule has 0 aliphatic heterocycles. The number of imidazole rings is 1. The van der Waals surface area contributed by atoms with Gasteiger partial charge in [0.15, 0.2) is 0 Å². The third-order valence-electron chi connectivity index (χ3n) is 4.07. The molecule has 2 heterocycles. The zero-order chi connectivity index (χ0) is 17.1. The van der Waals surface area contributed by atoms with Gasteiger partial charge in [0, 0.05) is 18.9 Å². The van der Waals surface area contributed by atoms with E-state index in [1.165, 1.54) is 0 Å². The van der Waals surface area contributed by atoms with Crippen molar-refractivity contribution in [3.05, 3.63) is 84.3 Å². The molecule has 2 aromatic heterocycles. The second-order valence-corrected chi connectivity index (χ2v) is 5.69. The van der Waals surface area contributed by atoms with Crippen molar-refractivity contribution in [1.82, 2.24) is 14.5 Å². The number of anilines is 1. The fourth-order valence-electron chi connectivity index (χ4n) is 2.83. The molecule has 0 saturated heterocycles. The average molecular weight is 363 g/mol. The van der Waals surface area contributed by atoms with Crippen LogP contribution in [0.25, 0.3) is 29.0 Å². The first-order valence-electron chi connectivity index (χ1n) is 8.20. The van der Waals surface area contributed by atoms with Crippen molar-refractivity contribution in [3.8, 4) is 5.82 Å². The largest absolute Gasteiger partial charge is 0.388 e. The predicted octanol–water partition coefficient (Wildman–Crippen LogP) is 5.05. The molecule has 0 unspecified atom stereocenters. The molecule has 5 heteroatoms.